The summed E-state index contributed by atoms with van der Waals surface area (Å²) in [6.07, 6.45) is 1.21. The highest BCUT2D eigenvalue weighted by atomic mass is 16.7. The molecular formula is C26H32BNO7. The zero-order chi connectivity index (χ0) is 25.6. The van der Waals surface area contributed by atoms with Crippen molar-refractivity contribution in [2.45, 2.75) is 45.5 Å². The predicted molar refractivity (Wildman–Crippen MR) is 133 cm³/mol. The van der Waals surface area contributed by atoms with Gasteiger partial charge in [0.15, 0.2) is 0 Å². The highest BCUT2D eigenvalue weighted by molar-refractivity contribution is 6.56. The molecule has 0 atom stereocenters. The molecule has 1 aliphatic rings. The normalized spacial score (nSPS) is 16.5. The van der Waals surface area contributed by atoms with Crippen molar-refractivity contribution in [3.63, 3.8) is 0 Å². The van der Waals surface area contributed by atoms with Crippen LogP contribution in [0.25, 0.3) is 6.08 Å². The van der Waals surface area contributed by atoms with Crippen molar-refractivity contribution in [3.8, 4) is 5.75 Å². The van der Waals surface area contributed by atoms with Crippen LogP contribution in [0.3, 0.4) is 0 Å². The molecule has 0 aliphatic carbocycles. The van der Waals surface area contributed by atoms with E-state index in [1.165, 1.54) is 14.2 Å². The predicted octanol–water partition coefficient (Wildman–Crippen LogP) is 4.42. The Morgan fingerprint density at radius 3 is 2.26 bits per heavy atom. The number of rotatable bonds is 8. The third-order valence-electron chi connectivity index (χ3n) is 6.20. The first-order valence-corrected chi connectivity index (χ1v) is 11.3. The number of esters is 1. The first-order valence-electron chi connectivity index (χ1n) is 11.3. The van der Waals surface area contributed by atoms with Gasteiger partial charge in [0, 0.05) is 12.1 Å². The molecule has 1 heterocycles. The van der Waals surface area contributed by atoms with Crippen molar-refractivity contribution < 1.29 is 33.1 Å². The zero-order valence-corrected chi connectivity index (χ0v) is 21.0. The number of hydrogen-bond donors (Lipinski definition) is 1. The molecule has 0 spiro atoms. The van der Waals surface area contributed by atoms with E-state index in [-0.39, 0.29) is 13.2 Å². The fraction of sp³-hybridized carbons (Fsp3) is 0.385. The SMILES string of the molecule is COC(=O)c1ccc(OC)c(C=C(CNC(=O)OCc2ccccc2)B2OC(C)(C)C(C)(C)O2)c1. The molecular weight excluding hydrogens is 449 g/mol. The second-order valence-electron chi connectivity index (χ2n) is 9.17. The van der Waals surface area contributed by atoms with Gasteiger partial charge in [0.1, 0.15) is 12.4 Å². The lowest BCUT2D eigenvalue weighted by molar-refractivity contribution is 0.00578. The van der Waals surface area contributed by atoms with Crippen molar-refractivity contribution in [1.82, 2.24) is 5.32 Å². The number of methoxy groups -OCH3 is 2. The van der Waals surface area contributed by atoms with E-state index in [1.807, 2.05) is 58.0 Å². The van der Waals surface area contributed by atoms with Crippen LogP contribution in [0.2, 0.25) is 0 Å². The largest absolute Gasteiger partial charge is 0.496 e. The third-order valence-corrected chi connectivity index (χ3v) is 6.20. The van der Waals surface area contributed by atoms with E-state index < -0.39 is 30.4 Å². The average Bonchev–Trinajstić information content (AvgIpc) is 3.06. The Kier molecular flexibility index (Phi) is 8.24. The zero-order valence-electron chi connectivity index (χ0n) is 21.0. The smallest absolute Gasteiger partial charge is 0.492 e. The van der Waals surface area contributed by atoms with E-state index in [2.05, 4.69) is 5.32 Å². The minimum absolute atomic E-state index is 0.0933. The summed E-state index contributed by atoms with van der Waals surface area (Å²) in [4.78, 5) is 24.5. The van der Waals surface area contributed by atoms with Gasteiger partial charge in [-0.3, -0.25) is 0 Å². The summed E-state index contributed by atoms with van der Waals surface area (Å²) in [5, 5.41) is 2.77. The van der Waals surface area contributed by atoms with Crippen LogP contribution in [0.5, 0.6) is 5.75 Å². The fourth-order valence-electron chi connectivity index (χ4n) is 3.44. The summed E-state index contributed by atoms with van der Waals surface area (Å²) < 4.78 is 28.1. The number of alkyl carbamates (subject to hydrolysis) is 1. The third kappa shape index (κ3) is 6.43. The Bertz CT molecular complexity index is 1070. The molecule has 186 valence electrons. The highest BCUT2D eigenvalue weighted by Gasteiger charge is 2.52. The molecule has 9 heteroatoms. The van der Waals surface area contributed by atoms with Crippen LogP contribution in [-0.4, -0.2) is 51.1 Å². The minimum Gasteiger partial charge on any atom is -0.496 e. The molecule has 0 aromatic heterocycles. The Hall–Kier alpha value is -3.30. The summed E-state index contributed by atoms with van der Waals surface area (Å²) >= 11 is 0. The molecule has 2 aromatic rings. The number of hydrogen-bond acceptors (Lipinski definition) is 7. The molecule has 0 radical (unpaired) electrons. The van der Waals surface area contributed by atoms with Crippen molar-refractivity contribution in [2.24, 2.45) is 0 Å². The van der Waals surface area contributed by atoms with Gasteiger partial charge < -0.3 is 28.8 Å². The molecule has 3 rings (SSSR count). The highest BCUT2D eigenvalue weighted by Crippen LogP contribution is 2.39. The number of ether oxygens (including phenoxy) is 3. The molecule has 1 saturated heterocycles. The summed E-state index contributed by atoms with van der Waals surface area (Å²) in [6.45, 7) is 8.04. The topological polar surface area (TPSA) is 92.3 Å². The molecule has 1 aliphatic heterocycles. The lowest BCUT2D eigenvalue weighted by Gasteiger charge is -2.32. The molecule has 2 aromatic carbocycles. The maximum absolute atomic E-state index is 12.4. The summed E-state index contributed by atoms with van der Waals surface area (Å²) in [6, 6.07) is 14.4. The number of nitrogens with one attached hydrogen (secondary N) is 1. The summed E-state index contributed by atoms with van der Waals surface area (Å²) in [5.74, 6) is 0.0698. The van der Waals surface area contributed by atoms with Crippen LogP contribution in [-0.2, 0) is 25.4 Å². The van der Waals surface area contributed by atoms with E-state index in [1.54, 1.807) is 24.3 Å². The van der Waals surface area contributed by atoms with Gasteiger partial charge in [-0.1, -0.05) is 36.4 Å². The van der Waals surface area contributed by atoms with Gasteiger partial charge in [0.05, 0.1) is 31.0 Å². The molecule has 1 N–H and O–H groups in total. The lowest BCUT2D eigenvalue weighted by atomic mass is 9.76. The number of benzene rings is 2. The van der Waals surface area contributed by atoms with Gasteiger partial charge in [0.25, 0.3) is 0 Å². The second kappa shape index (κ2) is 11.0. The van der Waals surface area contributed by atoms with Gasteiger partial charge in [-0.2, -0.15) is 0 Å². The standard InChI is InChI=1S/C26H32BNO7/c1-25(2)26(3,4)35-27(34-25)21(16-28-24(30)33-17-18-10-8-7-9-11-18)15-20-14-19(23(29)32-6)12-13-22(20)31-5/h7-15H,16-17H2,1-6H3,(H,28,30). The van der Waals surface area contributed by atoms with Crippen molar-refractivity contribution in [2.75, 3.05) is 20.8 Å². The quantitative estimate of drug-likeness (QED) is 0.441. The van der Waals surface area contributed by atoms with Crippen molar-refractivity contribution in [1.29, 1.82) is 0 Å². The molecule has 0 unspecified atom stereocenters. The van der Waals surface area contributed by atoms with Crippen LogP contribution in [0.1, 0.15) is 49.2 Å². The average molecular weight is 481 g/mol. The second-order valence-corrected chi connectivity index (χ2v) is 9.17. The van der Waals surface area contributed by atoms with E-state index >= 15 is 0 Å². The van der Waals surface area contributed by atoms with Crippen LogP contribution < -0.4 is 10.1 Å². The first-order chi connectivity index (χ1) is 16.6. The number of carbonyl (C=O) groups excluding carboxylic acids is 2. The monoisotopic (exact) mass is 481 g/mol. The van der Waals surface area contributed by atoms with E-state index in [9.17, 15) is 9.59 Å². The Labute approximate surface area is 206 Å². The summed E-state index contributed by atoms with van der Waals surface area (Å²) in [7, 11) is 2.13. The molecule has 0 saturated carbocycles. The van der Waals surface area contributed by atoms with Gasteiger partial charge >= 0.3 is 19.2 Å². The minimum atomic E-state index is -0.735. The van der Waals surface area contributed by atoms with Crippen LogP contribution in [0.15, 0.2) is 54.0 Å². The Balaban J connectivity index is 1.85. The first kappa shape index (κ1) is 26.3. The van der Waals surface area contributed by atoms with Gasteiger partial charge in [-0.15, -0.1) is 0 Å². The van der Waals surface area contributed by atoms with Crippen LogP contribution in [0, 0.1) is 0 Å². The van der Waals surface area contributed by atoms with Gasteiger partial charge in [-0.05, 0) is 56.9 Å². The molecule has 0 bridgehead atoms. The Morgan fingerprint density at radius 2 is 1.66 bits per heavy atom. The summed E-state index contributed by atoms with van der Waals surface area (Å²) in [5.41, 5.74) is 1.32. The van der Waals surface area contributed by atoms with Crippen LogP contribution in [0.4, 0.5) is 4.79 Å². The van der Waals surface area contributed by atoms with Crippen molar-refractivity contribution >= 4 is 25.3 Å². The number of carbonyl (C=O) groups is 2. The maximum atomic E-state index is 12.4. The maximum Gasteiger partial charge on any atom is 0.492 e. The Morgan fingerprint density at radius 1 is 1.00 bits per heavy atom. The van der Waals surface area contributed by atoms with Crippen molar-refractivity contribution in [3.05, 3.63) is 70.7 Å². The van der Waals surface area contributed by atoms with Gasteiger partial charge in [0.2, 0.25) is 0 Å². The fourth-order valence-corrected chi connectivity index (χ4v) is 3.44. The van der Waals surface area contributed by atoms with E-state index in [0.717, 1.165) is 5.56 Å². The molecule has 8 nitrogen and oxygen atoms in total. The number of amides is 1. The molecule has 35 heavy (non-hydrogen) atoms. The van der Waals surface area contributed by atoms with E-state index in [0.29, 0.717) is 22.3 Å². The molecule has 1 amide bonds. The van der Waals surface area contributed by atoms with Crippen LogP contribution >= 0.6 is 0 Å². The van der Waals surface area contributed by atoms with E-state index in [4.69, 9.17) is 23.5 Å². The lowest BCUT2D eigenvalue weighted by Crippen LogP contribution is -2.41. The molecule has 1 fully saturated rings. The van der Waals surface area contributed by atoms with Gasteiger partial charge in [-0.25, -0.2) is 9.59 Å².